The first-order valence-electron chi connectivity index (χ1n) is 9.87. The van der Waals surface area contributed by atoms with Crippen LogP contribution in [0.2, 0.25) is 10.0 Å². The minimum absolute atomic E-state index is 0.0552. The van der Waals surface area contributed by atoms with Crippen molar-refractivity contribution < 1.29 is 4.79 Å². The van der Waals surface area contributed by atoms with Gasteiger partial charge in [0, 0.05) is 37.6 Å². The summed E-state index contributed by atoms with van der Waals surface area (Å²) in [5.41, 5.74) is 3.40. The Hall–Kier alpha value is -2.85. The molecule has 0 saturated heterocycles. The fourth-order valence-corrected chi connectivity index (χ4v) is 3.56. The van der Waals surface area contributed by atoms with Crippen molar-refractivity contribution in [2.24, 2.45) is 0 Å². The number of halogens is 2. The van der Waals surface area contributed by atoms with Crippen LogP contribution in [0.15, 0.2) is 55.0 Å². The topological polar surface area (TPSA) is 82.7 Å². The predicted molar refractivity (Wildman–Crippen MR) is 122 cm³/mol. The summed E-state index contributed by atoms with van der Waals surface area (Å²) in [5.74, 6) is -0.0725. The van der Waals surface area contributed by atoms with Gasteiger partial charge >= 0.3 is 0 Å². The number of carbonyl (C=O) groups is 1. The van der Waals surface area contributed by atoms with E-state index in [0.717, 1.165) is 16.8 Å². The maximum Gasteiger partial charge on any atom is 0.226 e. The van der Waals surface area contributed by atoms with E-state index in [9.17, 15) is 4.79 Å². The molecule has 0 radical (unpaired) electrons. The maximum atomic E-state index is 12.5. The largest absolute Gasteiger partial charge is 0.352 e. The predicted octanol–water partition coefficient (Wildman–Crippen LogP) is 3.95. The van der Waals surface area contributed by atoms with Crippen molar-refractivity contribution in [2.75, 3.05) is 6.54 Å². The number of rotatable bonds is 9. The zero-order valence-corrected chi connectivity index (χ0v) is 18.6. The number of imidazole rings is 1. The van der Waals surface area contributed by atoms with Crippen LogP contribution in [0.5, 0.6) is 0 Å². The second-order valence-electron chi connectivity index (χ2n) is 7.31. The van der Waals surface area contributed by atoms with E-state index >= 15 is 0 Å². The van der Waals surface area contributed by atoms with E-state index in [4.69, 9.17) is 28.5 Å². The molecule has 3 aromatic rings. The first-order valence-corrected chi connectivity index (χ1v) is 10.6. The lowest BCUT2D eigenvalue weighted by Gasteiger charge is -2.16. The van der Waals surface area contributed by atoms with Crippen LogP contribution < -0.4 is 10.6 Å². The summed E-state index contributed by atoms with van der Waals surface area (Å²) in [6.07, 6.45) is 3.65. The van der Waals surface area contributed by atoms with Crippen LogP contribution in [0.3, 0.4) is 0 Å². The van der Waals surface area contributed by atoms with E-state index < -0.39 is 0 Å². The lowest BCUT2D eigenvalue weighted by molar-refractivity contribution is -0.121. The number of hydrogen-bond acceptors (Lipinski definition) is 4. The van der Waals surface area contributed by atoms with Gasteiger partial charge in [0.05, 0.1) is 34.4 Å². The molecule has 0 fully saturated rings. The highest BCUT2D eigenvalue weighted by molar-refractivity contribution is 6.42. The summed E-state index contributed by atoms with van der Waals surface area (Å²) in [6, 6.07) is 15.0. The lowest BCUT2D eigenvalue weighted by Crippen LogP contribution is -2.40. The molecule has 2 aromatic carbocycles. The third-order valence-corrected chi connectivity index (χ3v) is 5.64. The Kier molecular flexibility index (Phi) is 8.07. The molecule has 1 unspecified atom stereocenters. The summed E-state index contributed by atoms with van der Waals surface area (Å²) >= 11 is 12.2. The second kappa shape index (κ2) is 11.0. The summed E-state index contributed by atoms with van der Waals surface area (Å²) in [7, 11) is 0. The summed E-state index contributed by atoms with van der Waals surface area (Å²) < 4.78 is 1.94. The molecule has 31 heavy (non-hydrogen) atoms. The average Bonchev–Trinajstić information content (AvgIpc) is 3.18. The van der Waals surface area contributed by atoms with Crippen molar-refractivity contribution in [2.45, 2.75) is 32.5 Å². The summed E-state index contributed by atoms with van der Waals surface area (Å²) in [4.78, 5) is 16.7. The highest BCUT2D eigenvalue weighted by Crippen LogP contribution is 2.25. The van der Waals surface area contributed by atoms with E-state index in [1.165, 1.54) is 0 Å². The molecule has 1 aromatic heterocycles. The van der Waals surface area contributed by atoms with Crippen molar-refractivity contribution in [3.63, 3.8) is 0 Å². The number of benzene rings is 2. The molecule has 8 heteroatoms. The van der Waals surface area contributed by atoms with Gasteiger partial charge in [0.25, 0.3) is 0 Å². The van der Waals surface area contributed by atoms with Crippen LogP contribution in [0.25, 0.3) is 0 Å². The van der Waals surface area contributed by atoms with Gasteiger partial charge in [0.1, 0.15) is 0 Å². The molecule has 6 nitrogen and oxygen atoms in total. The number of nitrogens with one attached hydrogen (secondary N) is 2. The number of aromatic nitrogens is 2. The van der Waals surface area contributed by atoms with Gasteiger partial charge in [0.15, 0.2) is 0 Å². The molecule has 0 spiro atoms. The van der Waals surface area contributed by atoms with E-state index in [0.29, 0.717) is 35.2 Å². The molecule has 1 amide bonds. The molecule has 2 N–H and O–H groups in total. The van der Waals surface area contributed by atoms with E-state index in [2.05, 4.69) is 21.7 Å². The molecule has 0 aliphatic heterocycles. The number of hydrogen-bond donors (Lipinski definition) is 2. The molecule has 1 atom stereocenters. The van der Waals surface area contributed by atoms with Gasteiger partial charge in [-0.25, -0.2) is 4.98 Å². The van der Waals surface area contributed by atoms with Gasteiger partial charge in [0.2, 0.25) is 5.91 Å². The molecule has 1 heterocycles. The standard InChI is InChI=1S/C23H23Cl2N5O/c1-16(11-27-12-19-3-2-4-21(24)23(19)25)29-22(31)9-20-13-28-15-30(20)14-18-7-5-17(10-26)6-8-18/h2-8,13,15-16,27H,9,11-12,14H2,1H3,(H,29,31). The molecule has 0 bridgehead atoms. The zero-order chi connectivity index (χ0) is 22.2. The van der Waals surface area contributed by atoms with Gasteiger partial charge in [-0.05, 0) is 36.2 Å². The average molecular weight is 456 g/mol. The minimum Gasteiger partial charge on any atom is -0.352 e. The molecular weight excluding hydrogens is 433 g/mol. The van der Waals surface area contributed by atoms with Gasteiger partial charge < -0.3 is 15.2 Å². The van der Waals surface area contributed by atoms with Crippen molar-refractivity contribution in [1.82, 2.24) is 20.2 Å². The van der Waals surface area contributed by atoms with E-state index in [-0.39, 0.29) is 18.4 Å². The molecule has 0 aliphatic carbocycles. The van der Waals surface area contributed by atoms with Crippen LogP contribution in [0.4, 0.5) is 0 Å². The fourth-order valence-electron chi connectivity index (χ4n) is 3.17. The highest BCUT2D eigenvalue weighted by Gasteiger charge is 2.12. The van der Waals surface area contributed by atoms with Crippen molar-refractivity contribution in [3.05, 3.63) is 87.4 Å². The SMILES string of the molecule is CC(CNCc1cccc(Cl)c1Cl)NC(=O)Cc1cncn1Cc1ccc(C#N)cc1. The fraction of sp³-hybridized carbons (Fsp3) is 0.261. The Bertz CT molecular complexity index is 1070. The van der Waals surface area contributed by atoms with E-state index in [1.807, 2.05) is 35.8 Å². The highest BCUT2D eigenvalue weighted by atomic mass is 35.5. The van der Waals surface area contributed by atoms with Crippen molar-refractivity contribution >= 4 is 29.1 Å². The molecular formula is C23H23Cl2N5O. The van der Waals surface area contributed by atoms with Crippen LogP contribution in [0, 0.1) is 11.3 Å². The summed E-state index contributed by atoms with van der Waals surface area (Å²) in [6.45, 7) is 3.69. The quantitative estimate of drug-likeness (QED) is 0.511. The van der Waals surface area contributed by atoms with Crippen molar-refractivity contribution in [1.29, 1.82) is 5.26 Å². The molecule has 0 aliphatic rings. The third-order valence-electron chi connectivity index (χ3n) is 4.78. The Morgan fingerprint density at radius 2 is 2.00 bits per heavy atom. The minimum atomic E-state index is -0.0725. The number of nitrogens with zero attached hydrogens (tertiary/aromatic N) is 3. The molecule has 3 rings (SSSR count). The normalized spacial score (nSPS) is 11.7. The van der Waals surface area contributed by atoms with Crippen molar-refractivity contribution in [3.8, 4) is 6.07 Å². The van der Waals surface area contributed by atoms with Gasteiger partial charge in [-0.15, -0.1) is 0 Å². The maximum absolute atomic E-state index is 12.5. The number of nitriles is 1. The molecule has 160 valence electrons. The van der Waals surface area contributed by atoms with Gasteiger partial charge in [-0.2, -0.15) is 5.26 Å². The smallest absolute Gasteiger partial charge is 0.226 e. The Morgan fingerprint density at radius 1 is 1.23 bits per heavy atom. The van der Waals surface area contributed by atoms with Gasteiger partial charge in [-0.1, -0.05) is 47.5 Å². The van der Waals surface area contributed by atoms with Gasteiger partial charge in [-0.3, -0.25) is 4.79 Å². The summed E-state index contributed by atoms with van der Waals surface area (Å²) in [5, 5.41) is 16.3. The molecule has 0 saturated carbocycles. The Balaban J connectivity index is 1.47. The first-order chi connectivity index (χ1) is 15.0. The number of carbonyl (C=O) groups excluding carboxylic acids is 1. The zero-order valence-electron chi connectivity index (χ0n) is 17.1. The first kappa shape index (κ1) is 22.8. The monoisotopic (exact) mass is 455 g/mol. The van der Waals surface area contributed by atoms with Crippen LogP contribution in [0.1, 0.15) is 29.3 Å². The second-order valence-corrected chi connectivity index (χ2v) is 8.10. The number of amides is 1. The lowest BCUT2D eigenvalue weighted by atomic mass is 10.1. The van der Waals surface area contributed by atoms with E-state index in [1.54, 1.807) is 30.7 Å². The van der Waals surface area contributed by atoms with Crippen LogP contribution in [-0.4, -0.2) is 28.0 Å². The van der Waals surface area contributed by atoms with Crippen LogP contribution in [-0.2, 0) is 24.3 Å². The Morgan fingerprint density at radius 3 is 2.74 bits per heavy atom. The van der Waals surface area contributed by atoms with Crippen LogP contribution >= 0.6 is 23.2 Å². The Labute approximate surface area is 191 Å². The third kappa shape index (κ3) is 6.56.